The lowest BCUT2D eigenvalue weighted by molar-refractivity contribution is -0.0847. The van der Waals surface area contributed by atoms with Crippen LogP contribution in [0.5, 0.6) is 0 Å². The summed E-state index contributed by atoms with van der Waals surface area (Å²) in [5.74, 6) is 0. The lowest BCUT2D eigenvalue weighted by atomic mass is 10.3. The minimum Gasteiger partial charge on any atom is -0.376 e. The first-order chi connectivity index (χ1) is 8.06. The normalized spacial score (nSPS) is 23.5. The summed E-state index contributed by atoms with van der Waals surface area (Å²) in [6.07, 6.45) is -0.176. The molecule has 0 aromatic rings. The maximum Gasteiger partial charge on any atom is 0.215 e. The Morgan fingerprint density at radius 3 is 2.76 bits per heavy atom. The zero-order valence-electron chi connectivity index (χ0n) is 10.4. The van der Waals surface area contributed by atoms with Crippen molar-refractivity contribution < 1.29 is 17.9 Å². The molecule has 0 aliphatic carbocycles. The molecule has 1 rings (SSSR count). The fourth-order valence-corrected chi connectivity index (χ4v) is 2.50. The van der Waals surface area contributed by atoms with E-state index in [1.54, 1.807) is 6.92 Å². The van der Waals surface area contributed by atoms with E-state index in [1.165, 1.54) is 0 Å². The molecule has 7 heteroatoms. The van der Waals surface area contributed by atoms with Gasteiger partial charge >= 0.3 is 0 Å². The standard InChI is InChI=1S/C10H22N2O4S/c1-3-11-6-9(2)17(13,14)12-7-10-8-15-4-5-16-10/h9-12H,3-8H2,1-2H3. The highest BCUT2D eigenvalue weighted by Gasteiger charge is 2.22. The summed E-state index contributed by atoms with van der Waals surface area (Å²) in [6.45, 7) is 6.68. The molecule has 17 heavy (non-hydrogen) atoms. The van der Waals surface area contributed by atoms with Crippen LogP contribution in [0.15, 0.2) is 0 Å². The van der Waals surface area contributed by atoms with Gasteiger partial charge in [0.1, 0.15) is 0 Å². The molecular weight excluding hydrogens is 244 g/mol. The molecule has 0 aromatic heterocycles. The van der Waals surface area contributed by atoms with E-state index in [1.807, 2.05) is 6.92 Å². The van der Waals surface area contributed by atoms with Crippen LogP contribution in [0.25, 0.3) is 0 Å². The Kier molecular flexibility index (Phi) is 6.35. The Hall–Kier alpha value is -0.210. The maximum atomic E-state index is 11.8. The smallest absolute Gasteiger partial charge is 0.215 e. The number of sulfonamides is 1. The van der Waals surface area contributed by atoms with Crippen LogP contribution in [0.4, 0.5) is 0 Å². The number of ether oxygens (including phenoxy) is 2. The Morgan fingerprint density at radius 1 is 1.41 bits per heavy atom. The minimum atomic E-state index is -3.28. The van der Waals surface area contributed by atoms with E-state index in [2.05, 4.69) is 10.0 Å². The van der Waals surface area contributed by atoms with Gasteiger partial charge in [-0.05, 0) is 13.5 Å². The molecule has 1 fully saturated rings. The van der Waals surface area contributed by atoms with Gasteiger partial charge < -0.3 is 14.8 Å². The molecule has 2 atom stereocenters. The zero-order valence-corrected chi connectivity index (χ0v) is 11.3. The molecule has 1 aliphatic heterocycles. The third-order valence-electron chi connectivity index (χ3n) is 2.61. The van der Waals surface area contributed by atoms with Gasteiger partial charge in [0.2, 0.25) is 10.0 Å². The molecule has 102 valence electrons. The third kappa shape index (κ3) is 5.31. The fourth-order valence-electron chi connectivity index (χ4n) is 1.46. The van der Waals surface area contributed by atoms with Crippen LogP contribution in [0.2, 0.25) is 0 Å². The fraction of sp³-hybridized carbons (Fsp3) is 1.00. The SMILES string of the molecule is CCNCC(C)S(=O)(=O)NCC1COCCO1. The van der Waals surface area contributed by atoms with Crippen LogP contribution in [0, 0.1) is 0 Å². The first-order valence-corrected chi connectivity index (χ1v) is 7.49. The number of rotatable bonds is 7. The summed E-state index contributed by atoms with van der Waals surface area (Å²) < 4.78 is 36.8. The average molecular weight is 266 g/mol. The van der Waals surface area contributed by atoms with E-state index in [-0.39, 0.29) is 12.6 Å². The van der Waals surface area contributed by atoms with Gasteiger partial charge in [0.05, 0.1) is 31.2 Å². The van der Waals surface area contributed by atoms with Crippen LogP contribution >= 0.6 is 0 Å². The van der Waals surface area contributed by atoms with Crippen molar-refractivity contribution in [2.45, 2.75) is 25.2 Å². The van der Waals surface area contributed by atoms with Crippen LogP contribution in [-0.2, 0) is 19.5 Å². The lowest BCUT2D eigenvalue weighted by Crippen LogP contribution is -2.44. The highest BCUT2D eigenvalue weighted by atomic mass is 32.2. The molecule has 2 unspecified atom stereocenters. The summed E-state index contributed by atoms with van der Waals surface area (Å²) in [7, 11) is -3.28. The Balaban J connectivity index is 2.32. The van der Waals surface area contributed by atoms with Gasteiger partial charge in [-0.1, -0.05) is 6.92 Å². The number of hydrogen-bond acceptors (Lipinski definition) is 5. The maximum absolute atomic E-state index is 11.8. The van der Waals surface area contributed by atoms with Gasteiger partial charge in [-0.3, -0.25) is 0 Å². The molecule has 6 nitrogen and oxygen atoms in total. The van der Waals surface area contributed by atoms with Crippen LogP contribution in [-0.4, -0.2) is 59.2 Å². The molecule has 0 saturated carbocycles. The molecular formula is C10H22N2O4S. The zero-order chi connectivity index (χ0) is 12.7. The molecule has 0 bridgehead atoms. The van der Waals surface area contributed by atoms with Gasteiger partial charge in [0.25, 0.3) is 0 Å². The number of nitrogens with one attached hydrogen (secondary N) is 2. The second-order valence-corrected chi connectivity index (χ2v) is 6.26. The van der Waals surface area contributed by atoms with Crippen molar-refractivity contribution in [3.8, 4) is 0 Å². The van der Waals surface area contributed by atoms with E-state index in [9.17, 15) is 8.42 Å². The Labute approximate surface area is 103 Å². The monoisotopic (exact) mass is 266 g/mol. The Bertz CT molecular complexity index is 301. The molecule has 0 aromatic carbocycles. The quantitative estimate of drug-likeness (QED) is 0.638. The third-order valence-corrected chi connectivity index (χ3v) is 4.40. The molecule has 1 heterocycles. The van der Waals surface area contributed by atoms with Crippen molar-refractivity contribution in [1.82, 2.24) is 10.0 Å². The predicted octanol–water partition coefficient (Wildman–Crippen LogP) is -0.681. The van der Waals surface area contributed by atoms with Crippen LogP contribution in [0.1, 0.15) is 13.8 Å². The van der Waals surface area contributed by atoms with Crippen LogP contribution in [0.3, 0.4) is 0 Å². The summed E-state index contributed by atoms with van der Waals surface area (Å²) in [4.78, 5) is 0. The summed E-state index contributed by atoms with van der Waals surface area (Å²) in [5, 5.41) is 2.57. The summed E-state index contributed by atoms with van der Waals surface area (Å²) >= 11 is 0. The average Bonchev–Trinajstić information content (AvgIpc) is 2.35. The second-order valence-electron chi connectivity index (χ2n) is 4.08. The van der Waals surface area contributed by atoms with Crippen LogP contribution < -0.4 is 10.0 Å². The van der Waals surface area contributed by atoms with Crippen molar-refractivity contribution in [2.24, 2.45) is 0 Å². The molecule has 1 saturated heterocycles. The topological polar surface area (TPSA) is 76.7 Å². The highest BCUT2D eigenvalue weighted by molar-refractivity contribution is 7.90. The van der Waals surface area contributed by atoms with Gasteiger partial charge in [-0.2, -0.15) is 0 Å². The van der Waals surface area contributed by atoms with Crippen molar-refractivity contribution in [3.05, 3.63) is 0 Å². The van der Waals surface area contributed by atoms with Gasteiger partial charge in [-0.15, -0.1) is 0 Å². The van der Waals surface area contributed by atoms with E-state index < -0.39 is 15.3 Å². The van der Waals surface area contributed by atoms with Gasteiger partial charge in [-0.25, -0.2) is 13.1 Å². The van der Waals surface area contributed by atoms with E-state index >= 15 is 0 Å². The first kappa shape index (κ1) is 14.8. The molecule has 1 aliphatic rings. The molecule has 2 N–H and O–H groups in total. The molecule has 0 amide bonds. The Morgan fingerprint density at radius 2 is 2.18 bits per heavy atom. The number of hydrogen-bond donors (Lipinski definition) is 2. The lowest BCUT2D eigenvalue weighted by Gasteiger charge is -2.24. The predicted molar refractivity (Wildman–Crippen MR) is 65.5 cm³/mol. The van der Waals surface area contributed by atoms with Crippen molar-refractivity contribution in [2.75, 3.05) is 39.5 Å². The summed E-state index contributed by atoms with van der Waals surface area (Å²) in [5.41, 5.74) is 0. The molecule has 0 radical (unpaired) electrons. The van der Waals surface area contributed by atoms with E-state index in [0.717, 1.165) is 6.54 Å². The largest absolute Gasteiger partial charge is 0.376 e. The van der Waals surface area contributed by atoms with E-state index in [0.29, 0.717) is 26.4 Å². The minimum absolute atomic E-state index is 0.176. The van der Waals surface area contributed by atoms with Gasteiger partial charge in [0.15, 0.2) is 0 Å². The van der Waals surface area contributed by atoms with Crippen molar-refractivity contribution in [1.29, 1.82) is 0 Å². The highest BCUT2D eigenvalue weighted by Crippen LogP contribution is 2.02. The van der Waals surface area contributed by atoms with Gasteiger partial charge in [0, 0.05) is 13.1 Å². The molecule has 0 spiro atoms. The van der Waals surface area contributed by atoms with E-state index in [4.69, 9.17) is 9.47 Å². The van der Waals surface area contributed by atoms with Crippen molar-refractivity contribution in [3.63, 3.8) is 0 Å². The second kappa shape index (κ2) is 7.27. The van der Waals surface area contributed by atoms with Crippen molar-refractivity contribution >= 4 is 10.0 Å². The first-order valence-electron chi connectivity index (χ1n) is 5.94. The summed E-state index contributed by atoms with van der Waals surface area (Å²) in [6, 6.07) is 0.